The number of benzene rings is 2. The zero-order chi connectivity index (χ0) is 20.5. The van der Waals surface area contributed by atoms with Gasteiger partial charge in [0.15, 0.2) is 0 Å². The van der Waals surface area contributed by atoms with Gasteiger partial charge in [-0.1, -0.05) is 24.3 Å². The number of nitrogens with one attached hydrogen (secondary N) is 1. The first-order valence-electron chi connectivity index (χ1n) is 9.42. The predicted molar refractivity (Wildman–Crippen MR) is 109 cm³/mol. The number of phenolic OH excluding ortho intramolecular Hbond substituents is 1. The van der Waals surface area contributed by atoms with Crippen LogP contribution in [0.4, 0.5) is 0 Å². The molecule has 0 saturated carbocycles. The van der Waals surface area contributed by atoms with E-state index in [4.69, 9.17) is 14.9 Å². The molecule has 0 spiro atoms. The number of rotatable bonds is 5. The Kier molecular flexibility index (Phi) is 4.98. The van der Waals surface area contributed by atoms with Crippen LogP contribution in [-0.2, 0) is 6.54 Å². The first-order valence-corrected chi connectivity index (χ1v) is 9.42. The van der Waals surface area contributed by atoms with E-state index < -0.39 is 0 Å². The van der Waals surface area contributed by atoms with Crippen LogP contribution in [0.3, 0.4) is 0 Å². The normalized spacial score (nSPS) is 14.8. The van der Waals surface area contributed by atoms with Gasteiger partial charge in [0, 0.05) is 30.3 Å². The lowest BCUT2D eigenvalue weighted by Crippen LogP contribution is -2.32. The van der Waals surface area contributed by atoms with Gasteiger partial charge in [0.1, 0.15) is 29.1 Å². The van der Waals surface area contributed by atoms with Crippen molar-refractivity contribution in [3.63, 3.8) is 0 Å². The molecule has 0 fully saturated rings. The number of methoxy groups -OCH3 is 1. The molecule has 0 unspecified atom stereocenters. The lowest BCUT2D eigenvalue weighted by molar-refractivity contribution is 0.369. The average Bonchev–Trinajstić information content (AvgIpc) is 2.71. The zero-order valence-corrected chi connectivity index (χ0v) is 16.7. The van der Waals surface area contributed by atoms with Gasteiger partial charge in [-0.15, -0.1) is 0 Å². The van der Waals surface area contributed by atoms with Crippen molar-refractivity contribution in [2.45, 2.75) is 12.5 Å². The summed E-state index contributed by atoms with van der Waals surface area (Å²) in [5.74, 6) is 1.47. The minimum absolute atomic E-state index is 0.119. The number of phenols is 1. The Labute approximate surface area is 169 Å². The Balaban J connectivity index is 1.94. The van der Waals surface area contributed by atoms with Gasteiger partial charge in [-0.05, 0) is 26.2 Å². The molecule has 29 heavy (non-hydrogen) atoms. The molecule has 7 nitrogen and oxygen atoms in total. The second-order valence-corrected chi connectivity index (χ2v) is 7.31. The summed E-state index contributed by atoms with van der Waals surface area (Å²) in [6.07, 6.45) is 1.64. The van der Waals surface area contributed by atoms with Crippen molar-refractivity contribution in [1.82, 2.24) is 14.5 Å². The van der Waals surface area contributed by atoms with E-state index >= 15 is 0 Å². The molecule has 1 aliphatic heterocycles. The fourth-order valence-corrected chi connectivity index (χ4v) is 3.66. The van der Waals surface area contributed by atoms with Crippen LogP contribution in [0, 0.1) is 5.41 Å². The van der Waals surface area contributed by atoms with Crippen LogP contribution in [0.2, 0.25) is 0 Å². The van der Waals surface area contributed by atoms with Crippen molar-refractivity contribution in [1.29, 1.82) is 5.41 Å². The largest absolute Gasteiger partial charge is 0.508 e. The second-order valence-electron chi connectivity index (χ2n) is 7.31. The third kappa shape index (κ3) is 3.45. The smallest absolute Gasteiger partial charge is 0.228 e. The summed E-state index contributed by atoms with van der Waals surface area (Å²) in [7, 11) is 5.64. The molecule has 4 rings (SSSR count). The number of nitrogens with zero attached hydrogens (tertiary/aromatic N) is 3. The first kappa shape index (κ1) is 19.0. The van der Waals surface area contributed by atoms with Crippen LogP contribution in [0.1, 0.15) is 22.6 Å². The summed E-state index contributed by atoms with van der Waals surface area (Å²) in [4.78, 5) is 6.57. The Morgan fingerprint density at radius 2 is 2.00 bits per heavy atom. The number of hydrogen-bond acceptors (Lipinski definition) is 6. The third-order valence-electron chi connectivity index (χ3n) is 5.13. The zero-order valence-electron chi connectivity index (χ0n) is 16.7. The molecule has 0 aliphatic carbocycles. The van der Waals surface area contributed by atoms with E-state index in [1.807, 2.05) is 49.0 Å². The van der Waals surface area contributed by atoms with E-state index in [1.165, 1.54) is 0 Å². The van der Waals surface area contributed by atoms with E-state index in [9.17, 15) is 5.11 Å². The maximum atomic E-state index is 9.94. The number of ether oxygens (including phenoxy) is 2. The maximum absolute atomic E-state index is 9.94. The highest BCUT2D eigenvalue weighted by Crippen LogP contribution is 2.47. The van der Waals surface area contributed by atoms with Crippen molar-refractivity contribution >= 4 is 0 Å². The van der Waals surface area contributed by atoms with Gasteiger partial charge in [-0.2, -0.15) is 0 Å². The van der Waals surface area contributed by atoms with Gasteiger partial charge in [-0.3, -0.25) is 5.41 Å². The molecular weight excluding hydrogens is 368 g/mol. The van der Waals surface area contributed by atoms with Crippen LogP contribution in [0.15, 0.2) is 48.8 Å². The van der Waals surface area contributed by atoms with Crippen LogP contribution < -0.4 is 15.0 Å². The molecule has 2 heterocycles. The fraction of sp³-hybridized carbons (Fsp3) is 0.273. The first-order chi connectivity index (χ1) is 14.0. The molecule has 2 N–H and O–H groups in total. The summed E-state index contributed by atoms with van der Waals surface area (Å²) in [6.45, 7) is 1.44. The van der Waals surface area contributed by atoms with Crippen molar-refractivity contribution < 1.29 is 14.6 Å². The minimum atomic E-state index is -0.294. The minimum Gasteiger partial charge on any atom is -0.508 e. The lowest BCUT2D eigenvalue weighted by Gasteiger charge is -2.29. The third-order valence-corrected chi connectivity index (χ3v) is 5.13. The molecule has 7 heteroatoms. The van der Waals surface area contributed by atoms with Crippen molar-refractivity contribution in [2.24, 2.45) is 0 Å². The molecule has 2 aromatic carbocycles. The van der Waals surface area contributed by atoms with Crippen molar-refractivity contribution in [2.75, 3.05) is 27.7 Å². The number of fused-ring (bicyclic) bond motifs is 2. The molecule has 1 aliphatic rings. The highest BCUT2D eigenvalue weighted by molar-refractivity contribution is 5.59. The SMILES string of the molecule is COc1ccccc1[C@@H]1c2ccc(O)cc2Oc2ncn(CCN(C)C)c(=N)c21. The van der Waals surface area contributed by atoms with Gasteiger partial charge < -0.3 is 24.0 Å². The van der Waals surface area contributed by atoms with Crippen LogP contribution in [0.25, 0.3) is 0 Å². The number of aromatic hydroxyl groups is 1. The standard InChI is InChI=1S/C22H24N4O3/c1-25(2)10-11-26-13-24-22-20(21(26)23)19(15-6-4-5-7-17(15)28-3)16-9-8-14(27)12-18(16)29-22/h4-9,12-13,19,23,27H,10-11H2,1-3H3/t19-/m1/s1. The highest BCUT2D eigenvalue weighted by Gasteiger charge is 2.33. The number of likely N-dealkylation sites (N-methyl/N-ethyl adjacent to an activating group) is 1. The van der Waals surface area contributed by atoms with Gasteiger partial charge in [0.05, 0.1) is 18.6 Å². The van der Waals surface area contributed by atoms with Gasteiger partial charge in [0.2, 0.25) is 5.88 Å². The Hall–Kier alpha value is -3.32. The quantitative estimate of drug-likeness (QED) is 0.546. The predicted octanol–water partition coefficient (Wildman–Crippen LogP) is 2.92. The molecule has 1 atom stereocenters. The Morgan fingerprint density at radius 3 is 2.76 bits per heavy atom. The van der Waals surface area contributed by atoms with E-state index in [-0.39, 0.29) is 11.7 Å². The fourth-order valence-electron chi connectivity index (χ4n) is 3.66. The second kappa shape index (κ2) is 7.60. The Bertz CT molecular complexity index is 1110. The molecule has 150 valence electrons. The summed E-state index contributed by atoms with van der Waals surface area (Å²) in [6, 6.07) is 12.8. The van der Waals surface area contributed by atoms with Crippen LogP contribution in [0.5, 0.6) is 23.1 Å². The van der Waals surface area contributed by atoms with E-state index in [0.717, 1.165) is 23.4 Å². The van der Waals surface area contributed by atoms with E-state index in [2.05, 4.69) is 9.88 Å². The number of para-hydroxylation sites is 1. The molecular formula is C22H24N4O3. The van der Waals surface area contributed by atoms with Crippen LogP contribution >= 0.6 is 0 Å². The highest BCUT2D eigenvalue weighted by atomic mass is 16.5. The monoisotopic (exact) mass is 392 g/mol. The Morgan fingerprint density at radius 1 is 1.21 bits per heavy atom. The number of hydrogen-bond donors (Lipinski definition) is 2. The van der Waals surface area contributed by atoms with Gasteiger partial charge in [0.25, 0.3) is 0 Å². The van der Waals surface area contributed by atoms with Gasteiger partial charge >= 0.3 is 0 Å². The molecule has 0 saturated heterocycles. The molecule has 0 amide bonds. The lowest BCUT2D eigenvalue weighted by atomic mass is 9.83. The summed E-state index contributed by atoms with van der Waals surface area (Å²) >= 11 is 0. The number of aromatic nitrogens is 2. The summed E-state index contributed by atoms with van der Waals surface area (Å²) < 4.78 is 13.4. The van der Waals surface area contributed by atoms with Crippen molar-refractivity contribution in [3.8, 4) is 23.1 Å². The molecule has 0 radical (unpaired) electrons. The van der Waals surface area contributed by atoms with Crippen LogP contribution in [-0.4, -0.2) is 47.3 Å². The van der Waals surface area contributed by atoms with Gasteiger partial charge in [-0.25, -0.2) is 4.98 Å². The molecule has 0 bridgehead atoms. The van der Waals surface area contributed by atoms with Crippen molar-refractivity contribution in [3.05, 3.63) is 71.0 Å². The maximum Gasteiger partial charge on any atom is 0.228 e. The molecule has 1 aromatic heterocycles. The summed E-state index contributed by atoms with van der Waals surface area (Å²) in [5.41, 5.74) is 2.83. The summed E-state index contributed by atoms with van der Waals surface area (Å²) in [5, 5.41) is 18.8. The average molecular weight is 392 g/mol. The molecule has 3 aromatic rings. The van der Waals surface area contributed by atoms with E-state index in [1.54, 1.807) is 25.6 Å². The van der Waals surface area contributed by atoms with E-state index in [0.29, 0.717) is 29.2 Å². The topological polar surface area (TPSA) is 83.6 Å².